The van der Waals surface area contributed by atoms with Gasteiger partial charge in [-0.25, -0.2) is 4.79 Å². The van der Waals surface area contributed by atoms with Crippen LogP contribution in [0.3, 0.4) is 0 Å². The topological polar surface area (TPSA) is 61.6 Å². The molecule has 21 heavy (non-hydrogen) atoms. The highest BCUT2D eigenvalue weighted by Gasteiger charge is 2.36. The highest BCUT2D eigenvalue weighted by atomic mass is 16.2. The van der Waals surface area contributed by atoms with E-state index in [0.717, 1.165) is 24.3 Å². The zero-order chi connectivity index (χ0) is 14.8. The molecule has 3 rings (SSSR count). The van der Waals surface area contributed by atoms with E-state index in [1.54, 1.807) is 0 Å². The molecule has 5 heteroatoms. The lowest BCUT2D eigenvalue weighted by atomic mass is 10.1. The van der Waals surface area contributed by atoms with Crippen molar-refractivity contribution in [1.29, 1.82) is 0 Å². The van der Waals surface area contributed by atoms with Crippen LogP contribution in [0.15, 0.2) is 24.3 Å². The second-order valence-electron chi connectivity index (χ2n) is 6.12. The molecule has 2 fully saturated rings. The van der Waals surface area contributed by atoms with Gasteiger partial charge in [-0.15, -0.1) is 0 Å². The summed E-state index contributed by atoms with van der Waals surface area (Å²) in [7, 11) is 0. The molecule has 1 aromatic carbocycles. The Morgan fingerprint density at radius 1 is 1.33 bits per heavy atom. The van der Waals surface area contributed by atoms with E-state index < -0.39 is 0 Å². The molecule has 0 aromatic heterocycles. The van der Waals surface area contributed by atoms with Crippen molar-refractivity contribution >= 4 is 11.7 Å². The first-order valence-corrected chi connectivity index (χ1v) is 7.78. The van der Waals surface area contributed by atoms with E-state index in [0.29, 0.717) is 12.6 Å². The predicted molar refractivity (Wildman–Crippen MR) is 84.1 cm³/mol. The van der Waals surface area contributed by atoms with E-state index in [-0.39, 0.29) is 12.1 Å². The Morgan fingerprint density at radius 3 is 2.81 bits per heavy atom. The summed E-state index contributed by atoms with van der Waals surface area (Å²) in [6.07, 6.45) is 2.47. The molecule has 0 radical (unpaired) electrons. The lowest BCUT2D eigenvalue weighted by molar-refractivity contribution is 0.0861. The van der Waals surface area contributed by atoms with E-state index >= 15 is 0 Å². The maximum absolute atomic E-state index is 12.5. The van der Waals surface area contributed by atoms with Gasteiger partial charge in [-0.2, -0.15) is 0 Å². The monoisotopic (exact) mass is 288 g/mol. The summed E-state index contributed by atoms with van der Waals surface area (Å²) in [6.45, 7) is 5.67. The minimum atomic E-state index is 0.00884. The first-order valence-electron chi connectivity index (χ1n) is 7.78. The van der Waals surface area contributed by atoms with E-state index in [9.17, 15) is 4.79 Å². The highest BCUT2D eigenvalue weighted by molar-refractivity contribution is 5.89. The molecule has 0 aliphatic carbocycles. The van der Waals surface area contributed by atoms with Crippen LogP contribution in [0.1, 0.15) is 25.3 Å². The van der Waals surface area contributed by atoms with Crippen LogP contribution in [0.25, 0.3) is 0 Å². The first-order chi connectivity index (χ1) is 10.2. The van der Waals surface area contributed by atoms with Crippen LogP contribution in [0.5, 0.6) is 0 Å². The summed E-state index contributed by atoms with van der Waals surface area (Å²) >= 11 is 0. The van der Waals surface area contributed by atoms with Crippen molar-refractivity contribution in [2.45, 2.75) is 38.4 Å². The fourth-order valence-electron chi connectivity index (χ4n) is 3.39. The van der Waals surface area contributed by atoms with Gasteiger partial charge in [0.15, 0.2) is 0 Å². The molecule has 0 bridgehead atoms. The number of piperazine rings is 1. The Hall–Kier alpha value is -1.59. The standard InChI is InChI=1S/C16H24N4O/c1-12-10-19-8-2-3-15(19)11-20(12)16(21)18-14-6-4-13(9-17)5-7-14/h4-7,12,15H,2-3,8-11,17H2,1H3,(H,18,21). The summed E-state index contributed by atoms with van der Waals surface area (Å²) in [5.41, 5.74) is 7.49. The molecule has 2 aliphatic rings. The Bertz CT molecular complexity index is 502. The van der Waals surface area contributed by atoms with Gasteiger partial charge in [0.25, 0.3) is 0 Å². The first kappa shape index (κ1) is 14.4. The number of hydrogen-bond acceptors (Lipinski definition) is 3. The minimum Gasteiger partial charge on any atom is -0.326 e. The number of amides is 2. The summed E-state index contributed by atoms with van der Waals surface area (Å²) < 4.78 is 0. The predicted octanol–water partition coefficient (Wildman–Crippen LogP) is 1.85. The molecular formula is C16H24N4O. The molecule has 0 spiro atoms. The molecule has 2 amide bonds. The molecule has 5 nitrogen and oxygen atoms in total. The van der Waals surface area contributed by atoms with Crippen molar-refractivity contribution in [1.82, 2.24) is 9.80 Å². The lowest BCUT2D eigenvalue weighted by Gasteiger charge is -2.42. The molecular weight excluding hydrogens is 264 g/mol. The molecule has 2 heterocycles. The molecule has 3 N–H and O–H groups in total. The average molecular weight is 288 g/mol. The zero-order valence-electron chi connectivity index (χ0n) is 12.6. The number of hydrogen-bond donors (Lipinski definition) is 2. The largest absolute Gasteiger partial charge is 0.326 e. The van der Waals surface area contributed by atoms with Crippen LogP contribution in [0.4, 0.5) is 10.5 Å². The van der Waals surface area contributed by atoms with Crippen molar-refractivity contribution in [3.8, 4) is 0 Å². The van der Waals surface area contributed by atoms with Gasteiger partial charge in [-0.1, -0.05) is 12.1 Å². The number of carbonyl (C=O) groups is 1. The summed E-state index contributed by atoms with van der Waals surface area (Å²) in [4.78, 5) is 17.0. The van der Waals surface area contributed by atoms with E-state index in [1.807, 2.05) is 29.2 Å². The second-order valence-corrected chi connectivity index (χ2v) is 6.12. The minimum absolute atomic E-state index is 0.00884. The smallest absolute Gasteiger partial charge is 0.322 e. The van der Waals surface area contributed by atoms with Crippen LogP contribution >= 0.6 is 0 Å². The third-order valence-corrected chi connectivity index (χ3v) is 4.64. The summed E-state index contributed by atoms with van der Waals surface area (Å²) in [6, 6.07) is 8.55. The fraction of sp³-hybridized carbons (Fsp3) is 0.562. The molecule has 2 saturated heterocycles. The average Bonchev–Trinajstić information content (AvgIpc) is 2.94. The van der Waals surface area contributed by atoms with Gasteiger partial charge >= 0.3 is 6.03 Å². The molecule has 0 saturated carbocycles. The number of carbonyl (C=O) groups excluding carboxylic acids is 1. The van der Waals surface area contributed by atoms with E-state index in [4.69, 9.17) is 5.73 Å². The van der Waals surface area contributed by atoms with Crippen molar-refractivity contribution in [3.63, 3.8) is 0 Å². The molecule has 2 unspecified atom stereocenters. The summed E-state index contributed by atoms with van der Waals surface area (Å²) in [5.74, 6) is 0. The van der Waals surface area contributed by atoms with Gasteiger partial charge in [0, 0.05) is 37.4 Å². The molecule has 1 aromatic rings. The number of rotatable bonds is 2. The highest BCUT2D eigenvalue weighted by Crippen LogP contribution is 2.25. The molecule has 2 atom stereocenters. The zero-order valence-corrected chi connectivity index (χ0v) is 12.6. The summed E-state index contributed by atoms with van der Waals surface area (Å²) in [5, 5.41) is 3.00. The van der Waals surface area contributed by atoms with Crippen LogP contribution in [-0.2, 0) is 6.54 Å². The normalized spacial score (nSPS) is 25.7. The maximum atomic E-state index is 12.5. The molecule has 2 aliphatic heterocycles. The number of anilines is 1. The van der Waals surface area contributed by atoms with Crippen molar-refractivity contribution < 1.29 is 4.79 Å². The van der Waals surface area contributed by atoms with Crippen LogP contribution in [-0.4, -0.2) is 47.5 Å². The Balaban J connectivity index is 1.63. The maximum Gasteiger partial charge on any atom is 0.322 e. The number of urea groups is 1. The van der Waals surface area contributed by atoms with Crippen LogP contribution in [0.2, 0.25) is 0 Å². The third kappa shape index (κ3) is 3.04. The number of benzene rings is 1. The Morgan fingerprint density at radius 2 is 2.10 bits per heavy atom. The van der Waals surface area contributed by atoms with Gasteiger partial charge in [0.2, 0.25) is 0 Å². The third-order valence-electron chi connectivity index (χ3n) is 4.64. The van der Waals surface area contributed by atoms with Gasteiger partial charge in [-0.05, 0) is 44.0 Å². The second kappa shape index (κ2) is 6.03. The van der Waals surface area contributed by atoms with Crippen LogP contribution < -0.4 is 11.1 Å². The SMILES string of the molecule is CC1CN2CCCC2CN1C(=O)Nc1ccc(CN)cc1. The Kier molecular flexibility index (Phi) is 4.12. The van der Waals surface area contributed by atoms with Crippen molar-refractivity contribution in [2.75, 3.05) is 25.0 Å². The van der Waals surface area contributed by atoms with E-state index in [2.05, 4.69) is 17.1 Å². The Labute approximate surface area is 126 Å². The van der Waals surface area contributed by atoms with Gasteiger partial charge < -0.3 is 16.0 Å². The van der Waals surface area contributed by atoms with E-state index in [1.165, 1.54) is 19.4 Å². The number of nitrogens with one attached hydrogen (secondary N) is 1. The number of fused-ring (bicyclic) bond motifs is 1. The fourth-order valence-corrected chi connectivity index (χ4v) is 3.39. The van der Waals surface area contributed by atoms with Gasteiger partial charge in [-0.3, -0.25) is 4.90 Å². The number of nitrogens with two attached hydrogens (primary N) is 1. The quantitative estimate of drug-likeness (QED) is 0.873. The van der Waals surface area contributed by atoms with Crippen LogP contribution in [0, 0.1) is 0 Å². The van der Waals surface area contributed by atoms with Gasteiger partial charge in [0.05, 0.1) is 0 Å². The van der Waals surface area contributed by atoms with Crippen molar-refractivity contribution in [3.05, 3.63) is 29.8 Å². The molecule has 114 valence electrons. The lowest BCUT2D eigenvalue weighted by Crippen LogP contribution is -2.57. The van der Waals surface area contributed by atoms with Crippen molar-refractivity contribution in [2.24, 2.45) is 5.73 Å². The van der Waals surface area contributed by atoms with Gasteiger partial charge in [0.1, 0.15) is 0 Å². The number of nitrogens with zero attached hydrogens (tertiary/aromatic N) is 2.